The number of rotatable bonds is 7. The monoisotopic (exact) mass is 382 g/mol. The van der Waals surface area contributed by atoms with Gasteiger partial charge in [0.15, 0.2) is 0 Å². The topological polar surface area (TPSA) is 76.7 Å². The molecule has 0 bridgehead atoms. The number of carbonyl (C=O) groups excluding carboxylic acids is 2. The molecule has 0 aliphatic carbocycles. The van der Waals surface area contributed by atoms with Gasteiger partial charge >= 0.3 is 11.8 Å². The first-order chi connectivity index (χ1) is 12.0. The molecule has 0 radical (unpaired) electrons. The minimum atomic E-state index is -0.772. The molecule has 0 fully saturated rings. The Morgan fingerprint density at radius 3 is 2.60 bits per heavy atom. The van der Waals surface area contributed by atoms with Crippen molar-refractivity contribution in [2.75, 3.05) is 25.6 Å². The van der Waals surface area contributed by atoms with Gasteiger partial charge in [-0.1, -0.05) is 23.7 Å². The Bertz CT molecular complexity index is 735. The van der Waals surface area contributed by atoms with Crippen molar-refractivity contribution >= 4 is 40.4 Å². The number of nitrogens with one attached hydrogen (secondary N) is 2. The molecule has 2 aromatic rings. The van der Waals surface area contributed by atoms with E-state index >= 15 is 0 Å². The van der Waals surface area contributed by atoms with Crippen LogP contribution in [0.25, 0.3) is 0 Å². The van der Waals surface area contributed by atoms with Gasteiger partial charge in [-0.3, -0.25) is 9.59 Å². The largest absolute Gasteiger partial charge is 0.492 e. The molecule has 1 aromatic heterocycles. The van der Waals surface area contributed by atoms with E-state index in [0.717, 1.165) is 4.88 Å². The number of thiophene rings is 1. The molecule has 25 heavy (non-hydrogen) atoms. The van der Waals surface area contributed by atoms with Crippen LogP contribution in [0.1, 0.15) is 17.9 Å². The van der Waals surface area contributed by atoms with Crippen LogP contribution in [0.4, 0.5) is 5.69 Å². The van der Waals surface area contributed by atoms with E-state index < -0.39 is 11.8 Å². The Hall–Kier alpha value is -2.09. The molecule has 1 atom stereocenters. The summed E-state index contributed by atoms with van der Waals surface area (Å²) in [6, 6.07) is 10.5. The van der Waals surface area contributed by atoms with Crippen LogP contribution in [0.3, 0.4) is 0 Å². The number of para-hydroxylation sites is 2. The lowest BCUT2D eigenvalue weighted by atomic mass is 10.2. The van der Waals surface area contributed by atoms with Gasteiger partial charge in [0.1, 0.15) is 11.9 Å². The molecule has 1 aromatic carbocycles. The molecule has 0 spiro atoms. The standard InChI is InChI=1S/C17H19ClN2O4S/c1-3-24-12-7-5-4-6-11(12)20-17(22)16(21)19-10-13(23-2)14-8-9-15(18)25-14/h4-9,13H,3,10H2,1-2H3,(H,19,21)(H,20,22). The molecule has 6 nitrogen and oxygen atoms in total. The van der Waals surface area contributed by atoms with E-state index in [4.69, 9.17) is 21.1 Å². The van der Waals surface area contributed by atoms with Crippen LogP contribution in [0.2, 0.25) is 4.34 Å². The van der Waals surface area contributed by atoms with Crippen LogP contribution in [0.5, 0.6) is 5.75 Å². The molecule has 2 rings (SSSR count). The van der Waals surface area contributed by atoms with Gasteiger partial charge in [-0.05, 0) is 31.2 Å². The van der Waals surface area contributed by atoms with Crippen molar-refractivity contribution in [3.63, 3.8) is 0 Å². The first kappa shape index (κ1) is 19.2. The SMILES string of the molecule is CCOc1ccccc1NC(=O)C(=O)NCC(OC)c1ccc(Cl)s1. The average Bonchev–Trinajstić information content (AvgIpc) is 3.03. The number of methoxy groups -OCH3 is 1. The molecular weight excluding hydrogens is 364 g/mol. The lowest BCUT2D eigenvalue weighted by molar-refractivity contribution is -0.136. The first-order valence-corrected chi connectivity index (χ1v) is 8.83. The molecule has 0 aliphatic rings. The summed E-state index contributed by atoms with van der Waals surface area (Å²) in [4.78, 5) is 25.0. The maximum absolute atomic E-state index is 12.1. The van der Waals surface area contributed by atoms with Gasteiger partial charge in [0.2, 0.25) is 0 Å². The third-order valence-electron chi connectivity index (χ3n) is 3.29. The number of amides is 2. The van der Waals surface area contributed by atoms with Crippen LogP contribution in [-0.2, 0) is 14.3 Å². The van der Waals surface area contributed by atoms with Gasteiger partial charge in [0.05, 0.1) is 16.6 Å². The van der Waals surface area contributed by atoms with Crippen molar-refractivity contribution in [2.24, 2.45) is 0 Å². The molecule has 8 heteroatoms. The van der Waals surface area contributed by atoms with Crippen LogP contribution in [0, 0.1) is 0 Å². The summed E-state index contributed by atoms with van der Waals surface area (Å²) in [7, 11) is 1.53. The first-order valence-electron chi connectivity index (χ1n) is 7.64. The maximum Gasteiger partial charge on any atom is 0.313 e. The van der Waals surface area contributed by atoms with E-state index in [9.17, 15) is 9.59 Å². The summed E-state index contributed by atoms with van der Waals surface area (Å²) in [6.45, 7) is 2.46. The van der Waals surface area contributed by atoms with E-state index in [1.54, 1.807) is 30.3 Å². The van der Waals surface area contributed by atoms with E-state index in [-0.39, 0.29) is 12.6 Å². The Kier molecular flexibility index (Phi) is 7.24. The highest BCUT2D eigenvalue weighted by Gasteiger charge is 2.19. The minimum Gasteiger partial charge on any atom is -0.492 e. The fourth-order valence-corrected chi connectivity index (χ4v) is 3.24. The van der Waals surface area contributed by atoms with Gasteiger partial charge in [0, 0.05) is 18.5 Å². The van der Waals surface area contributed by atoms with Crippen molar-refractivity contribution in [3.8, 4) is 5.75 Å². The van der Waals surface area contributed by atoms with Crippen molar-refractivity contribution in [3.05, 3.63) is 45.6 Å². The summed E-state index contributed by atoms with van der Waals surface area (Å²) >= 11 is 7.27. The van der Waals surface area contributed by atoms with Crippen LogP contribution >= 0.6 is 22.9 Å². The Morgan fingerprint density at radius 2 is 1.96 bits per heavy atom. The second-order valence-electron chi connectivity index (χ2n) is 4.96. The quantitative estimate of drug-likeness (QED) is 0.721. The highest BCUT2D eigenvalue weighted by molar-refractivity contribution is 7.16. The summed E-state index contributed by atoms with van der Waals surface area (Å²) < 4.78 is 11.4. The van der Waals surface area contributed by atoms with Gasteiger partial charge in [-0.25, -0.2) is 0 Å². The normalized spacial score (nSPS) is 11.6. The Morgan fingerprint density at radius 1 is 1.20 bits per heavy atom. The summed E-state index contributed by atoms with van der Waals surface area (Å²) in [5, 5.41) is 5.11. The smallest absolute Gasteiger partial charge is 0.313 e. The zero-order valence-electron chi connectivity index (χ0n) is 13.9. The predicted molar refractivity (Wildman–Crippen MR) is 98.3 cm³/mol. The minimum absolute atomic E-state index is 0.159. The number of halogens is 1. The van der Waals surface area contributed by atoms with Gasteiger partial charge < -0.3 is 20.1 Å². The van der Waals surface area contributed by atoms with Gasteiger partial charge in [0.25, 0.3) is 0 Å². The molecule has 2 amide bonds. The van der Waals surface area contributed by atoms with E-state index in [1.165, 1.54) is 18.4 Å². The number of carbonyl (C=O) groups is 2. The van der Waals surface area contributed by atoms with Crippen LogP contribution in [0.15, 0.2) is 36.4 Å². The summed E-state index contributed by atoms with van der Waals surface area (Å²) in [5.41, 5.74) is 0.442. The Balaban J connectivity index is 1.93. The average molecular weight is 383 g/mol. The molecule has 0 aliphatic heterocycles. The van der Waals surface area contributed by atoms with Crippen molar-refractivity contribution < 1.29 is 19.1 Å². The highest BCUT2D eigenvalue weighted by atomic mass is 35.5. The second kappa shape index (κ2) is 9.41. The van der Waals surface area contributed by atoms with Crippen LogP contribution in [-0.4, -0.2) is 32.1 Å². The molecule has 1 unspecified atom stereocenters. The summed E-state index contributed by atoms with van der Waals surface area (Å²) in [5.74, 6) is -1.02. The Labute approximate surface area is 155 Å². The fraction of sp³-hybridized carbons (Fsp3) is 0.294. The fourth-order valence-electron chi connectivity index (χ4n) is 2.10. The van der Waals surface area contributed by atoms with Crippen molar-refractivity contribution in [1.29, 1.82) is 0 Å². The zero-order chi connectivity index (χ0) is 18.2. The molecule has 1 heterocycles. The zero-order valence-corrected chi connectivity index (χ0v) is 15.4. The van der Waals surface area contributed by atoms with E-state index in [0.29, 0.717) is 22.4 Å². The lowest BCUT2D eigenvalue weighted by Crippen LogP contribution is -2.37. The number of anilines is 1. The number of hydrogen-bond donors (Lipinski definition) is 2. The number of benzene rings is 1. The van der Waals surface area contributed by atoms with E-state index in [1.807, 2.05) is 13.0 Å². The maximum atomic E-state index is 12.1. The molecule has 134 valence electrons. The molecular formula is C17H19ClN2O4S. The molecule has 2 N–H and O–H groups in total. The predicted octanol–water partition coefficient (Wildman–Crippen LogP) is 3.24. The van der Waals surface area contributed by atoms with Gasteiger partial charge in [-0.15, -0.1) is 11.3 Å². The lowest BCUT2D eigenvalue weighted by Gasteiger charge is -2.15. The number of hydrogen-bond acceptors (Lipinski definition) is 5. The van der Waals surface area contributed by atoms with E-state index in [2.05, 4.69) is 10.6 Å². The van der Waals surface area contributed by atoms with Crippen molar-refractivity contribution in [1.82, 2.24) is 5.32 Å². The molecule has 0 saturated heterocycles. The third kappa shape index (κ3) is 5.45. The van der Waals surface area contributed by atoms with Gasteiger partial charge in [-0.2, -0.15) is 0 Å². The number of ether oxygens (including phenoxy) is 2. The van der Waals surface area contributed by atoms with Crippen LogP contribution < -0.4 is 15.4 Å². The highest BCUT2D eigenvalue weighted by Crippen LogP contribution is 2.28. The molecule has 0 saturated carbocycles. The van der Waals surface area contributed by atoms with Crippen molar-refractivity contribution in [2.45, 2.75) is 13.0 Å². The second-order valence-corrected chi connectivity index (χ2v) is 6.71. The summed E-state index contributed by atoms with van der Waals surface area (Å²) in [6.07, 6.45) is -0.370. The third-order valence-corrected chi connectivity index (χ3v) is 4.61.